The molecule has 0 radical (unpaired) electrons. The Bertz CT molecular complexity index is 1350. The van der Waals surface area contributed by atoms with Crippen LogP contribution < -0.4 is 11.1 Å². The molecule has 0 bridgehead atoms. The summed E-state index contributed by atoms with van der Waals surface area (Å²) in [6.07, 6.45) is 2.38. The molecule has 3 heterocycles. The number of hydrogen-bond acceptors (Lipinski definition) is 6. The van der Waals surface area contributed by atoms with E-state index in [2.05, 4.69) is 9.97 Å². The molecule has 0 saturated carbocycles. The maximum atomic E-state index is 13.1. The third-order valence-electron chi connectivity index (χ3n) is 4.73. The molecule has 0 saturated heterocycles. The number of ether oxygens (including phenoxy) is 1. The van der Waals surface area contributed by atoms with Gasteiger partial charge in [-0.05, 0) is 43.7 Å². The molecular formula is C22H21ClN4O3S. The van der Waals surface area contributed by atoms with Crippen LogP contribution in [-0.2, 0) is 17.0 Å². The lowest BCUT2D eigenvalue weighted by Gasteiger charge is -2.13. The molecule has 0 fully saturated rings. The van der Waals surface area contributed by atoms with Gasteiger partial charge in [-0.1, -0.05) is 29.4 Å². The Hall–Kier alpha value is -2.68. The normalized spacial score (nSPS) is 11.4. The first-order valence-electron chi connectivity index (χ1n) is 9.95. The van der Waals surface area contributed by atoms with Crippen molar-refractivity contribution in [2.45, 2.75) is 30.8 Å². The lowest BCUT2D eigenvalue weighted by Crippen LogP contribution is -2.24. The molecular weight excluding hydrogens is 436 g/mol. The summed E-state index contributed by atoms with van der Waals surface area (Å²) in [4.78, 5) is 34.7. The maximum Gasteiger partial charge on any atom is 0.262 e. The van der Waals surface area contributed by atoms with Gasteiger partial charge in [-0.3, -0.25) is 18.6 Å². The zero-order chi connectivity index (χ0) is 21.8. The van der Waals surface area contributed by atoms with Crippen LogP contribution in [0.5, 0.6) is 0 Å². The predicted octanol–water partition coefficient (Wildman–Crippen LogP) is 3.78. The van der Waals surface area contributed by atoms with Crippen LogP contribution in [0.15, 0.2) is 63.4 Å². The molecule has 160 valence electrons. The topological polar surface area (TPSA) is 78.5 Å². The summed E-state index contributed by atoms with van der Waals surface area (Å²) in [5, 5.41) is 1.60. The third kappa shape index (κ3) is 4.81. The molecule has 1 aromatic carbocycles. The number of nitrogens with zero attached hydrogens (tertiary/aromatic N) is 4. The van der Waals surface area contributed by atoms with E-state index in [1.165, 1.54) is 22.2 Å². The minimum atomic E-state index is -0.145. The number of fused-ring (bicyclic) bond motifs is 2. The molecule has 9 heteroatoms. The Labute approximate surface area is 187 Å². The number of pyridine rings is 1. The number of aromatic nitrogens is 4. The maximum absolute atomic E-state index is 13.1. The fourth-order valence-corrected chi connectivity index (χ4v) is 4.35. The molecule has 0 unspecified atom stereocenters. The number of hydrogen-bond donors (Lipinski definition) is 0. The minimum Gasteiger partial charge on any atom is -0.382 e. The molecule has 0 atom stereocenters. The first kappa shape index (κ1) is 21.5. The van der Waals surface area contributed by atoms with Crippen molar-refractivity contribution in [2.24, 2.45) is 0 Å². The Morgan fingerprint density at radius 3 is 2.84 bits per heavy atom. The summed E-state index contributed by atoms with van der Waals surface area (Å²) < 4.78 is 8.57. The predicted molar refractivity (Wildman–Crippen MR) is 123 cm³/mol. The molecule has 0 amide bonds. The summed E-state index contributed by atoms with van der Waals surface area (Å²) >= 11 is 7.48. The lowest BCUT2D eigenvalue weighted by atomic mass is 10.2. The van der Waals surface area contributed by atoms with Crippen LogP contribution in [-0.4, -0.2) is 32.1 Å². The van der Waals surface area contributed by atoms with Gasteiger partial charge in [0.2, 0.25) is 0 Å². The van der Waals surface area contributed by atoms with Crippen molar-refractivity contribution in [1.29, 1.82) is 0 Å². The van der Waals surface area contributed by atoms with E-state index in [0.29, 0.717) is 64.4 Å². The van der Waals surface area contributed by atoms with Gasteiger partial charge in [0.05, 0.1) is 16.6 Å². The average Bonchev–Trinajstić information content (AvgIpc) is 2.76. The zero-order valence-electron chi connectivity index (χ0n) is 17.0. The largest absolute Gasteiger partial charge is 0.382 e. The van der Waals surface area contributed by atoms with Crippen molar-refractivity contribution >= 4 is 39.9 Å². The highest BCUT2D eigenvalue weighted by Crippen LogP contribution is 2.23. The molecule has 7 nitrogen and oxygen atoms in total. The fraction of sp³-hybridized carbons (Fsp3) is 0.273. The van der Waals surface area contributed by atoms with Crippen LogP contribution in [0.4, 0.5) is 0 Å². The van der Waals surface area contributed by atoms with Crippen LogP contribution >= 0.6 is 23.4 Å². The van der Waals surface area contributed by atoms with Crippen LogP contribution in [0.1, 0.15) is 19.0 Å². The van der Waals surface area contributed by atoms with Crippen molar-refractivity contribution in [2.75, 3.05) is 13.2 Å². The number of thioether (sulfide) groups is 1. The van der Waals surface area contributed by atoms with Crippen molar-refractivity contribution in [1.82, 2.24) is 18.9 Å². The van der Waals surface area contributed by atoms with Crippen LogP contribution in [0, 0.1) is 0 Å². The highest BCUT2D eigenvalue weighted by molar-refractivity contribution is 7.98. The molecule has 3 aromatic heterocycles. The second-order valence-corrected chi connectivity index (χ2v) is 8.25. The molecule has 0 aliphatic heterocycles. The summed E-state index contributed by atoms with van der Waals surface area (Å²) in [6, 6.07) is 12.0. The van der Waals surface area contributed by atoms with E-state index in [1.807, 2.05) is 13.0 Å². The van der Waals surface area contributed by atoms with Gasteiger partial charge in [0.25, 0.3) is 11.1 Å². The van der Waals surface area contributed by atoms with Gasteiger partial charge in [0.15, 0.2) is 5.16 Å². The number of benzene rings is 1. The third-order valence-corrected chi connectivity index (χ3v) is 5.98. The summed E-state index contributed by atoms with van der Waals surface area (Å²) in [6.45, 7) is 3.62. The van der Waals surface area contributed by atoms with Gasteiger partial charge >= 0.3 is 0 Å². The second kappa shape index (κ2) is 9.64. The summed E-state index contributed by atoms with van der Waals surface area (Å²) in [7, 11) is 0. The van der Waals surface area contributed by atoms with E-state index in [-0.39, 0.29) is 11.1 Å². The number of halogens is 1. The van der Waals surface area contributed by atoms with Gasteiger partial charge < -0.3 is 4.74 Å². The molecule has 31 heavy (non-hydrogen) atoms. The minimum absolute atomic E-state index is 0.118. The van der Waals surface area contributed by atoms with E-state index in [0.717, 1.165) is 0 Å². The molecule has 4 rings (SSSR count). The van der Waals surface area contributed by atoms with Crippen molar-refractivity contribution in [3.05, 3.63) is 80.1 Å². The van der Waals surface area contributed by atoms with E-state index in [1.54, 1.807) is 41.1 Å². The molecule has 0 spiro atoms. The lowest BCUT2D eigenvalue weighted by molar-refractivity contribution is 0.140. The van der Waals surface area contributed by atoms with E-state index < -0.39 is 0 Å². The second-order valence-electron chi connectivity index (χ2n) is 6.87. The first-order chi connectivity index (χ1) is 15.1. The molecule has 0 N–H and O–H groups in total. The molecule has 4 aromatic rings. The Kier molecular flexibility index (Phi) is 6.70. The van der Waals surface area contributed by atoms with Gasteiger partial charge in [0.1, 0.15) is 5.65 Å². The fourth-order valence-electron chi connectivity index (χ4n) is 3.27. The van der Waals surface area contributed by atoms with Gasteiger partial charge in [-0.25, -0.2) is 9.97 Å². The van der Waals surface area contributed by atoms with E-state index in [9.17, 15) is 9.59 Å². The highest BCUT2D eigenvalue weighted by atomic mass is 35.5. The SMILES string of the molecule is CCOCCCn1c(SCc2cc(=O)n3ccccc3n2)nc2cc(Cl)ccc2c1=O. The van der Waals surface area contributed by atoms with Crippen molar-refractivity contribution in [3.8, 4) is 0 Å². The van der Waals surface area contributed by atoms with E-state index >= 15 is 0 Å². The standard InChI is InChI=1S/C22H21ClN4O3S/c1-2-30-11-5-10-27-21(29)17-8-7-15(23)12-18(17)25-22(27)31-14-16-13-20(28)26-9-4-3-6-19(26)24-16/h3-4,6-9,12-13H,2,5,10-11,14H2,1H3. The van der Waals surface area contributed by atoms with Gasteiger partial charge in [-0.2, -0.15) is 0 Å². The first-order valence-corrected chi connectivity index (χ1v) is 11.3. The Morgan fingerprint density at radius 1 is 1.13 bits per heavy atom. The van der Waals surface area contributed by atoms with Gasteiger partial charge in [-0.15, -0.1) is 0 Å². The van der Waals surface area contributed by atoms with Crippen molar-refractivity contribution in [3.63, 3.8) is 0 Å². The zero-order valence-corrected chi connectivity index (χ0v) is 18.5. The van der Waals surface area contributed by atoms with Crippen LogP contribution in [0.25, 0.3) is 16.6 Å². The Morgan fingerprint density at radius 2 is 2.00 bits per heavy atom. The van der Waals surface area contributed by atoms with E-state index in [4.69, 9.17) is 16.3 Å². The Balaban J connectivity index is 1.68. The van der Waals surface area contributed by atoms with Crippen molar-refractivity contribution < 1.29 is 4.74 Å². The van der Waals surface area contributed by atoms with Gasteiger partial charge in [0, 0.05) is 42.8 Å². The average molecular weight is 457 g/mol. The summed E-state index contributed by atoms with van der Waals surface area (Å²) in [5.41, 5.74) is 1.49. The smallest absolute Gasteiger partial charge is 0.262 e. The quantitative estimate of drug-likeness (QED) is 0.228. The van der Waals surface area contributed by atoms with Crippen LogP contribution in [0.2, 0.25) is 5.02 Å². The monoisotopic (exact) mass is 456 g/mol. The van der Waals surface area contributed by atoms with Crippen LogP contribution in [0.3, 0.4) is 0 Å². The highest BCUT2D eigenvalue weighted by Gasteiger charge is 2.13. The molecule has 0 aliphatic rings. The number of rotatable bonds is 8. The molecule has 0 aliphatic carbocycles. The summed E-state index contributed by atoms with van der Waals surface area (Å²) in [5.74, 6) is 0.407.